The Hall–Kier alpha value is -1.67. The summed E-state index contributed by atoms with van der Waals surface area (Å²) in [4.78, 5) is 10.5. The van der Waals surface area contributed by atoms with E-state index in [4.69, 9.17) is 0 Å². The molecule has 1 saturated carbocycles. The molecule has 0 saturated heterocycles. The molecule has 0 bridgehead atoms. The zero-order valence-electron chi connectivity index (χ0n) is 11.6. The number of nitro groups is 1. The zero-order chi connectivity index (χ0) is 15.1. The van der Waals surface area contributed by atoms with E-state index < -0.39 is 14.9 Å². The quantitative estimate of drug-likeness (QED) is 0.660. The fraction of sp³-hybridized carbons (Fsp3) is 0.500. The number of benzene rings is 1. The van der Waals surface area contributed by atoms with E-state index in [-0.39, 0.29) is 16.6 Å². The molecule has 1 aliphatic rings. The molecule has 0 atom stereocenters. The lowest BCUT2D eigenvalue weighted by Crippen LogP contribution is -2.29. The Balaban J connectivity index is 2.56. The molecule has 1 aromatic rings. The molecule has 0 heterocycles. The smallest absolute Gasteiger partial charge is 0.293 e. The van der Waals surface area contributed by atoms with E-state index in [0.29, 0.717) is 11.3 Å². The van der Waals surface area contributed by atoms with Gasteiger partial charge in [0.2, 0.25) is 10.0 Å². The number of nitrogens with one attached hydrogen (secondary N) is 1. The van der Waals surface area contributed by atoms with Crippen LogP contribution in [0.25, 0.3) is 0 Å². The summed E-state index contributed by atoms with van der Waals surface area (Å²) in [6.45, 7) is 1.64. The van der Waals surface area contributed by atoms with Gasteiger partial charge in [-0.05, 0) is 31.4 Å². The van der Waals surface area contributed by atoms with Gasteiger partial charge < -0.3 is 5.32 Å². The third-order valence-corrected chi connectivity index (χ3v) is 5.53. The predicted molar refractivity (Wildman–Crippen MR) is 75.4 cm³/mol. The maximum Gasteiger partial charge on any atom is 0.293 e. The van der Waals surface area contributed by atoms with Crippen LogP contribution in [0.15, 0.2) is 17.0 Å². The molecule has 0 aromatic heterocycles. The average molecular weight is 299 g/mol. The van der Waals surface area contributed by atoms with E-state index in [2.05, 4.69) is 5.32 Å². The Kier molecular flexibility index (Phi) is 3.70. The summed E-state index contributed by atoms with van der Waals surface area (Å²) < 4.78 is 26.3. The van der Waals surface area contributed by atoms with Crippen molar-refractivity contribution in [2.75, 3.05) is 19.4 Å². The first-order chi connectivity index (χ1) is 9.28. The summed E-state index contributed by atoms with van der Waals surface area (Å²) in [5.74, 6) is 0. The summed E-state index contributed by atoms with van der Waals surface area (Å²) in [5, 5.41) is 13.8. The van der Waals surface area contributed by atoms with Crippen LogP contribution in [0.5, 0.6) is 0 Å². The topological polar surface area (TPSA) is 92.6 Å². The molecular formula is C12H17N3O4S. The van der Waals surface area contributed by atoms with Gasteiger partial charge in [-0.15, -0.1) is 0 Å². The zero-order valence-corrected chi connectivity index (χ0v) is 12.4. The van der Waals surface area contributed by atoms with Gasteiger partial charge in [-0.25, -0.2) is 8.42 Å². The van der Waals surface area contributed by atoms with Crippen LogP contribution in [-0.2, 0) is 10.0 Å². The van der Waals surface area contributed by atoms with E-state index >= 15 is 0 Å². The number of nitrogens with zero attached hydrogens (tertiary/aromatic N) is 2. The van der Waals surface area contributed by atoms with Crippen LogP contribution in [0, 0.1) is 17.0 Å². The van der Waals surface area contributed by atoms with Gasteiger partial charge in [0.15, 0.2) is 0 Å². The summed E-state index contributed by atoms with van der Waals surface area (Å²) in [7, 11) is -0.606. The van der Waals surface area contributed by atoms with E-state index in [9.17, 15) is 18.5 Å². The van der Waals surface area contributed by atoms with Gasteiger partial charge in [0, 0.05) is 26.2 Å². The van der Waals surface area contributed by atoms with E-state index in [1.807, 2.05) is 0 Å². The van der Waals surface area contributed by atoms with Crippen molar-refractivity contribution in [2.45, 2.75) is 30.7 Å². The molecule has 7 nitrogen and oxygen atoms in total. The molecule has 0 unspecified atom stereocenters. The van der Waals surface area contributed by atoms with E-state index in [1.54, 1.807) is 14.0 Å². The second-order valence-electron chi connectivity index (χ2n) is 4.89. The number of rotatable bonds is 5. The number of hydrogen-bond donors (Lipinski definition) is 1. The Labute approximate surface area is 117 Å². The van der Waals surface area contributed by atoms with Gasteiger partial charge in [-0.2, -0.15) is 4.31 Å². The lowest BCUT2D eigenvalue weighted by molar-refractivity contribution is -0.384. The second-order valence-corrected chi connectivity index (χ2v) is 6.86. The number of nitro benzene ring substituents is 1. The molecule has 0 spiro atoms. The van der Waals surface area contributed by atoms with Crippen molar-refractivity contribution in [1.29, 1.82) is 0 Å². The highest BCUT2D eigenvalue weighted by Gasteiger charge is 2.36. The highest BCUT2D eigenvalue weighted by atomic mass is 32.2. The van der Waals surface area contributed by atoms with Crippen LogP contribution in [0.1, 0.15) is 18.4 Å². The highest BCUT2D eigenvalue weighted by Crippen LogP contribution is 2.35. The predicted octanol–water partition coefficient (Wildman–Crippen LogP) is 1.73. The molecule has 8 heteroatoms. The SMILES string of the molecule is CNc1cc(C)c(S(=O)(=O)N(C)C2CC2)cc1[N+](=O)[O-]. The average Bonchev–Trinajstić information content (AvgIpc) is 3.20. The minimum Gasteiger partial charge on any atom is -0.383 e. The Morgan fingerprint density at radius 2 is 2.00 bits per heavy atom. The molecule has 1 aromatic carbocycles. The minimum absolute atomic E-state index is 0.00222. The minimum atomic E-state index is -3.69. The number of hydrogen-bond acceptors (Lipinski definition) is 5. The van der Waals surface area contributed by atoms with Crippen LogP contribution in [-0.4, -0.2) is 37.8 Å². The maximum absolute atomic E-state index is 12.5. The first-order valence-corrected chi connectivity index (χ1v) is 7.68. The third kappa shape index (κ3) is 2.48. The lowest BCUT2D eigenvalue weighted by Gasteiger charge is -2.18. The monoisotopic (exact) mass is 299 g/mol. The molecule has 2 rings (SSSR count). The van der Waals surface area contributed by atoms with Crippen LogP contribution < -0.4 is 5.32 Å². The van der Waals surface area contributed by atoms with Gasteiger partial charge in [0.05, 0.1) is 9.82 Å². The van der Waals surface area contributed by atoms with Crippen molar-refractivity contribution >= 4 is 21.4 Å². The first kappa shape index (κ1) is 14.7. The molecule has 1 N–H and O–H groups in total. The van der Waals surface area contributed by atoms with Crippen molar-refractivity contribution < 1.29 is 13.3 Å². The fourth-order valence-electron chi connectivity index (χ4n) is 2.10. The van der Waals surface area contributed by atoms with E-state index in [1.165, 1.54) is 17.4 Å². The third-order valence-electron chi connectivity index (χ3n) is 3.48. The fourth-order valence-corrected chi connectivity index (χ4v) is 3.74. The van der Waals surface area contributed by atoms with Crippen molar-refractivity contribution in [3.05, 3.63) is 27.8 Å². The lowest BCUT2D eigenvalue weighted by atomic mass is 10.2. The molecule has 20 heavy (non-hydrogen) atoms. The maximum atomic E-state index is 12.5. The van der Waals surface area contributed by atoms with Crippen LogP contribution in [0.2, 0.25) is 0 Å². The Morgan fingerprint density at radius 1 is 1.40 bits per heavy atom. The summed E-state index contributed by atoms with van der Waals surface area (Å²) in [6.07, 6.45) is 1.68. The molecule has 0 aliphatic heterocycles. The molecule has 0 radical (unpaired) electrons. The molecule has 110 valence electrons. The van der Waals surface area contributed by atoms with Crippen LogP contribution >= 0.6 is 0 Å². The standard InChI is InChI=1S/C12H17N3O4S/c1-8-6-10(13-2)11(15(16)17)7-12(8)20(18,19)14(3)9-4-5-9/h6-7,9,13H,4-5H2,1-3H3. The van der Waals surface area contributed by atoms with Crippen LogP contribution in [0.3, 0.4) is 0 Å². The van der Waals surface area contributed by atoms with E-state index in [0.717, 1.165) is 18.9 Å². The van der Waals surface area contributed by atoms with Gasteiger partial charge in [0.25, 0.3) is 5.69 Å². The van der Waals surface area contributed by atoms with Gasteiger partial charge in [0.1, 0.15) is 5.69 Å². The normalized spacial score (nSPS) is 15.4. The van der Waals surface area contributed by atoms with Crippen molar-refractivity contribution in [1.82, 2.24) is 4.31 Å². The van der Waals surface area contributed by atoms with Gasteiger partial charge in [-0.1, -0.05) is 0 Å². The van der Waals surface area contributed by atoms with Gasteiger partial charge in [-0.3, -0.25) is 10.1 Å². The van der Waals surface area contributed by atoms with Crippen molar-refractivity contribution in [2.24, 2.45) is 0 Å². The second kappa shape index (κ2) is 5.02. The number of aryl methyl sites for hydroxylation is 1. The van der Waals surface area contributed by atoms with Crippen molar-refractivity contribution in [3.63, 3.8) is 0 Å². The largest absolute Gasteiger partial charge is 0.383 e. The van der Waals surface area contributed by atoms with Gasteiger partial charge >= 0.3 is 0 Å². The Bertz CT molecular complexity index is 653. The number of sulfonamides is 1. The van der Waals surface area contributed by atoms with Crippen LogP contribution in [0.4, 0.5) is 11.4 Å². The first-order valence-electron chi connectivity index (χ1n) is 6.24. The van der Waals surface area contributed by atoms with Crippen molar-refractivity contribution in [3.8, 4) is 0 Å². The highest BCUT2D eigenvalue weighted by molar-refractivity contribution is 7.89. The molecule has 0 amide bonds. The number of anilines is 1. The summed E-state index contributed by atoms with van der Waals surface area (Å²) in [5.41, 5.74) is 0.564. The molecular weight excluding hydrogens is 282 g/mol. The Morgan fingerprint density at radius 3 is 2.45 bits per heavy atom. The molecule has 1 fully saturated rings. The summed E-state index contributed by atoms with van der Waals surface area (Å²) in [6, 6.07) is 2.64. The summed E-state index contributed by atoms with van der Waals surface area (Å²) >= 11 is 0. The molecule has 1 aliphatic carbocycles.